The smallest absolute Gasteiger partial charge is 0.242 e. The minimum absolute atomic E-state index is 0.113. The Kier molecular flexibility index (Phi) is 7.57. The molecule has 0 bridgehead atoms. The quantitative estimate of drug-likeness (QED) is 0.820. The molecule has 2 N–H and O–H groups in total. The van der Waals surface area contributed by atoms with Crippen molar-refractivity contribution in [2.75, 3.05) is 38.2 Å². The van der Waals surface area contributed by atoms with Crippen LogP contribution in [0.5, 0.6) is 5.75 Å². The van der Waals surface area contributed by atoms with Gasteiger partial charge in [0.15, 0.2) is 0 Å². The van der Waals surface area contributed by atoms with Gasteiger partial charge in [-0.05, 0) is 37.1 Å². The first kappa shape index (κ1) is 19.1. The highest BCUT2D eigenvalue weighted by molar-refractivity contribution is 5.82. The maximum Gasteiger partial charge on any atom is 0.242 e. The minimum Gasteiger partial charge on any atom is -0.497 e. The summed E-state index contributed by atoms with van der Waals surface area (Å²) in [4.78, 5) is 27.8. The third kappa shape index (κ3) is 6.29. The highest BCUT2D eigenvalue weighted by atomic mass is 16.5. The summed E-state index contributed by atoms with van der Waals surface area (Å²) in [6.07, 6.45) is 5.99. The van der Waals surface area contributed by atoms with E-state index in [9.17, 15) is 9.59 Å². The molecule has 0 saturated carbocycles. The molecule has 0 atom stereocenters. The van der Waals surface area contributed by atoms with Gasteiger partial charge < -0.3 is 20.3 Å². The zero-order valence-corrected chi connectivity index (χ0v) is 15.1. The van der Waals surface area contributed by atoms with Gasteiger partial charge in [-0.2, -0.15) is 0 Å². The van der Waals surface area contributed by atoms with Gasteiger partial charge in [0.05, 0.1) is 13.7 Å². The number of methoxy groups -OCH3 is 1. The molecule has 138 valence electrons. The number of anilines is 1. The van der Waals surface area contributed by atoms with Gasteiger partial charge in [0.1, 0.15) is 5.75 Å². The molecule has 0 spiro atoms. The minimum atomic E-state index is -0.364. The Morgan fingerprint density at radius 3 is 2.24 bits per heavy atom. The highest BCUT2D eigenvalue weighted by Crippen LogP contribution is 2.20. The number of carbonyl (C=O) groups excluding carboxylic acids is 2. The Bertz CT molecular complexity index is 552. The van der Waals surface area contributed by atoms with E-state index < -0.39 is 0 Å². The maximum absolute atomic E-state index is 12.8. The molecule has 25 heavy (non-hydrogen) atoms. The van der Waals surface area contributed by atoms with E-state index in [4.69, 9.17) is 10.5 Å². The molecule has 1 aromatic carbocycles. The summed E-state index contributed by atoms with van der Waals surface area (Å²) in [5, 5.41) is 0. The maximum atomic E-state index is 12.8. The molecule has 0 unspecified atom stereocenters. The topological polar surface area (TPSA) is 75.9 Å². The van der Waals surface area contributed by atoms with Crippen molar-refractivity contribution < 1.29 is 14.3 Å². The zero-order valence-electron chi connectivity index (χ0n) is 15.1. The van der Waals surface area contributed by atoms with E-state index in [0.717, 1.165) is 37.4 Å². The molecule has 1 aliphatic rings. The number of benzene rings is 1. The first-order valence-corrected chi connectivity index (χ1v) is 9.05. The number of nitrogens with two attached hydrogens (primary N) is 1. The van der Waals surface area contributed by atoms with Crippen LogP contribution in [0.25, 0.3) is 0 Å². The number of nitrogens with zero attached hydrogens (tertiary/aromatic N) is 2. The van der Waals surface area contributed by atoms with Gasteiger partial charge in [-0.15, -0.1) is 0 Å². The molecule has 0 radical (unpaired) electrons. The lowest BCUT2D eigenvalue weighted by Gasteiger charge is -2.30. The standard InChI is InChI=1S/C19H29N3O3/c1-25-17-9-7-16(8-10-17)22(14-11-18(20)23)15-19(24)21-12-5-3-2-4-6-13-21/h7-10H,2-6,11-15H2,1H3,(H2,20,23). The van der Waals surface area contributed by atoms with Crippen LogP contribution in [0, 0.1) is 0 Å². The highest BCUT2D eigenvalue weighted by Gasteiger charge is 2.19. The van der Waals surface area contributed by atoms with Crippen LogP contribution in [-0.2, 0) is 9.59 Å². The van der Waals surface area contributed by atoms with Crippen LogP contribution in [0.1, 0.15) is 38.5 Å². The van der Waals surface area contributed by atoms with Crippen molar-refractivity contribution in [3.8, 4) is 5.75 Å². The van der Waals surface area contributed by atoms with Crippen molar-refractivity contribution >= 4 is 17.5 Å². The van der Waals surface area contributed by atoms with Crippen LogP contribution in [-0.4, -0.2) is 50.0 Å². The Morgan fingerprint density at radius 1 is 1.08 bits per heavy atom. The Labute approximate surface area is 149 Å². The van der Waals surface area contributed by atoms with E-state index in [1.807, 2.05) is 34.1 Å². The van der Waals surface area contributed by atoms with Gasteiger partial charge in [-0.3, -0.25) is 9.59 Å². The lowest BCUT2D eigenvalue weighted by molar-refractivity contribution is -0.130. The number of carbonyl (C=O) groups is 2. The summed E-state index contributed by atoms with van der Waals surface area (Å²) >= 11 is 0. The molecule has 1 fully saturated rings. The van der Waals surface area contributed by atoms with Crippen molar-refractivity contribution in [3.63, 3.8) is 0 Å². The Morgan fingerprint density at radius 2 is 1.68 bits per heavy atom. The van der Waals surface area contributed by atoms with E-state index in [-0.39, 0.29) is 24.8 Å². The molecule has 0 aromatic heterocycles. The first-order valence-electron chi connectivity index (χ1n) is 9.05. The Balaban J connectivity index is 2.05. The second-order valence-electron chi connectivity index (χ2n) is 6.48. The van der Waals surface area contributed by atoms with Crippen LogP contribution in [0.15, 0.2) is 24.3 Å². The third-order valence-corrected chi connectivity index (χ3v) is 4.60. The summed E-state index contributed by atoms with van der Waals surface area (Å²) in [5.41, 5.74) is 6.19. The van der Waals surface area contributed by atoms with Gasteiger partial charge in [0, 0.05) is 31.7 Å². The molecule has 2 rings (SSSR count). The molecule has 1 aromatic rings. The third-order valence-electron chi connectivity index (χ3n) is 4.60. The molecular weight excluding hydrogens is 318 g/mol. The molecule has 0 aliphatic carbocycles. The van der Waals surface area contributed by atoms with Gasteiger partial charge in [-0.25, -0.2) is 0 Å². The van der Waals surface area contributed by atoms with E-state index in [1.165, 1.54) is 19.3 Å². The van der Waals surface area contributed by atoms with Crippen molar-refractivity contribution in [2.24, 2.45) is 5.73 Å². The van der Waals surface area contributed by atoms with Crippen LogP contribution >= 0.6 is 0 Å². The van der Waals surface area contributed by atoms with Gasteiger partial charge in [-0.1, -0.05) is 19.3 Å². The fourth-order valence-electron chi connectivity index (χ4n) is 3.10. The molecule has 1 aliphatic heterocycles. The average molecular weight is 347 g/mol. The molecule has 6 nitrogen and oxygen atoms in total. The predicted octanol–water partition coefficient (Wildman–Crippen LogP) is 2.17. The fraction of sp³-hybridized carbons (Fsp3) is 0.579. The van der Waals surface area contributed by atoms with Crippen molar-refractivity contribution in [1.29, 1.82) is 0 Å². The SMILES string of the molecule is COc1ccc(N(CCC(N)=O)CC(=O)N2CCCCCCC2)cc1. The Hall–Kier alpha value is -2.24. The fourth-order valence-corrected chi connectivity index (χ4v) is 3.10. The second-order valence-corrected chi connectivity index (χ2v) is 6.48. The molecule has 1 heterocycles. The summed E-state index contributed by atoms with van der Waals surface area (Å²) in [6, 6.07) is 7.52. The molecular formula is C19H29N3O3. The van der Waals surface area contributed by atoms with Crippen molar-refractivity contribution in [1.82, 2.24) is 4.90 Å². The summed E-state index contributed by atoms with van der Waals surface area (Å²) < 4.78 is 5.18. The van der Waals surface area contributed by atoms with E-state index in [1.54, 1.807) is 7.11 Å². The van der Waals surface area contributed by atoms with E-state index in [2.05, 4.69) is 0 Å². The summed E-state index contributed by atoms with van der Waals surface area (Å²) in [6.45, 7) is 2.34. The molecule has 2 amide bonds. The first-order chi connectivity index (χ1) is 12.1. The average Bonchev–Trinajstić information content (AvgIpc) is 2.58. The van der Waals surface area contributed by atoms with Gasteiger partial charge in [0.2, 0.25) is 11.8 Å². The second kappa shape index (κ2) is 9.91. The van der Waals surface area contributed by atoms with Crippen molar-refractivity contribution in [2.45, 2.75) is 38.5 Å². The number of likely N-dealkylation sites (tertiary alicyclic amines) is 1. The lowest BCUT2D eigenvalue weighted by Crippen LogP contribution is -2.42. The number of ether oxygens (including phenoxy) is 1. The van der Waals surface area contributed by atoms with E-state index >= 15 is 0 Å². The number of amides is 2. The van der Waals surface area contributed by atoms with Gasteiger partial charge in [0.25, 0.3) is 0 Å². The summed E-state index contributed by atoms with van der Waals surface area (Å²) in [5.74, 6) is 0.508. The van der Waals surface area contributed by atoms with Crippen molar-refractivity contribution in [3.05, 3.63) is 24.3 Å². The molecule has 6 heteroatoms. The zero-order chi connectivity index (χ0) is 18.1. The predicted molar refractivity (Wildman–Crippen MR) is 98.7 cm³/mol. The number of hydrogen-bond donors (Lipinski definition) is 1. The number of primary amides is 1. The number of hydrogen-bond acceptors (Lipinski definition) is 4. The molecule has 1 saturated heterocycles. The van der Waals surface area contributed by atoms with Crippen LogP contribution < -0.4 is 15.4 Å². The largest absolute Gasteiger partial charge is 0.497 e. The van der Waals surface area contributed by atoms with E-state index in [0.29, 0.717) is 6.54 Å². The normalized spacial score (nSPS) is 15.2. The number of rotatable bonds is 7. The lowest BCUT2D eigenvalue weighted by atomic mass is 10.1. The monoisotopic (exact) mass is 347 g/mol. The summed E-state index contributed by atoms with van der Waals surface area (Å²) in [7, 11) is 1.62. The van der Waals surface area contributed by atoms with Crippen LogP contribution in [0.2, 0.25) is 0 Å². The van der Waals surface area contributed by atoms with Gasteiger partial charge >= 0.3 is 0 Å². The van der Waals surface area contributed by atoms with Crippen LogP contribution in [0.4, 0.5) is 5.69 Å². The van der Waals surface area contributed by atoms with Crippen LogP contribution in [0.3, 0.4) is 0 Å².